The number of nitrogens with zero attached hydrogens (tertiary/aromatic N) is 1. The van der Waals surface area contributed by atoms with E-state index in [1.807, 2.05) is 23.6 Å². The highest BCUT2D eigenvalue weighted by molar-refractivity contribution is 7.99. The SMILES string of the molecule is CCN(CC1CCCO1)C(=O)C1CSCCN1. The Labute approximate surface area is 107 Å². The average Bonchev–Trinajstić information content (AvgIpc) is 2.89. The van der Waals surface area contributed by atoms with Crippen molar-refractivity contribution in [2.45, 2.75) is 31.9 Å². The van der Waals surface area contributed by atoms with Crippen molar-refractivity contribution >= 4 is 17.7 Å². The van der Waals surface area contributed by atoms with Crippen LogP contribution >= 0.6 is 11.8 Å². The number of amides is 1. The first-order valence-electron chi connectivity index (χ1n) is 6.52. The van der Waals surface area contributed by atoms with Crippen LogP contribution in [0.1, 0.15) is 19.8 Å². The number of carbonyl (C=O) groups excluding carboxylic acids is 1. The lowest BCUT2D eigenvalue weighted by Crippen LogP contribution is -2.52. The van der Waals surface area contributed by atoms with Gasteiger partial charge in [-0.1, -0.05) is 0 Å². The van der Waals surface area contributed by atoms with E-state index < -0.39 is 0 Å². The van der Waals surface area contributed by atoms with Gasteiger partial charge in [-0.2, -0.15) is 11.8 Å². The summed E-state index contributed by atoms with van der Waals surface area (Å²) in [5.74, 6) is 2.26. The van der Waals surface area contributed by atoms with Crippen LogP contribution in [0.25, 0.3) is 0 Å². The Kier molecular flexibility index (Phi) is 5.13. The van der Waals surface area contributed by atoms with Crippen molar-refractivity contribution < 1.29 is 9.53 Å². The first kappa shape index (κ1) is 13.2. The summed E-state index contributed by atoms with van der Waals surface area (Å²) in [6.07, 6.45) is 2.49. The van der Waals surface area contributed by atoms with Crippen molar-refractivity contribution in [1.29, 1.82) is 0 Å². The van der Waals surface area contributed by atoms with Gasteiger partial charge in [0.15, 0.2) is 0 Å². The Hall–Kier alpha value is -0.260. The van der Waals surface area contributed by atoms with E-state index >= 15 is 0 Å². The highest BCUT2D eigenvalue weighted by Gasteiger charge is 2.27. The molecule has 2 heterocycles. The molecule has 2 fully saturated rings. The fourth-order valence-electron chi connectivity index (χ4n) is 2.35. The van der Waals surface area contributed by atoms with Gasteiger partial charge in [0.25, 0.3) is 0 Å². The van der Waals surface area contributed by atoms with Gasteiger partial charge in [-0.15, -0.1) is 0 Å². The van der Waals surface area contributed by atoms with Crippen molar-refractivity contribution in [2.24, 2.45) is 0 Å². The van der Waals surface area contributed by atoms with Gasteiger partial charge in [0, 0.05) is 37.7 Å². The van der Waals surface area contributed by atoms with E-state index in [1.54, 1.807) is 0 Å². The molecule has 0 aromatic carbocycles. The molecule has 0 spiro atoms. The molecular weight excluding hydrogens is 236 g/mol. The number of likely N-dealkylation sites (N-methyl/N-ethyl adjacent to an activating group) is 1. The van der Waals surface area contributed by atoms with E-state index in [4.69, 9.17) is 4.74 Å². The minimum absolute atomic E-state index is 0.00935. The second-order valence-corrected chi connectivity index (χ2v) is 5.74. The summed E-state index contributed by atoms with van der Waals surface area (Å²) in [5.41, 5.74) is 0. The Balaban J connectivity index is 1.84. The number of hydrogen-bond acceptors (Lipinski definition) is 4. The van der Waals surface area contributed by atoms with Crippen LogP contribution in [-0.4, -0.2) is 60.7 Å². The van der Waals surface area contributed by atoms with E-state index in [0.29, 0.717) is 0 Å². The third kappa shape index (κ3) is 3.60. The molecule has 0 aromatic heterocycles. The van der Waals surface area contributed by atoms with Gasteiger partial charge in [-0.3, -0.25) is 4.79 Å². The smallest absolute Gasteiger partial charge is 0.240 e. The van der Waals surface area contributed by atoms with Crippen LogP contribution in [-0.2, 0) is 9.53 Å². The largest absolute Gasteiger partial charge is 0.376 e. The van der Waals surface area contributed by atoms with Crippen LogP contribution in [0.3, 0.4) is 0 Å². The van der Waals surface area contributed by atoms with Gasteiger partial charge < -0.3 is 15.0 Å². The van der Waals surface area contributed by atoms with Crippen LogP contribution in [0.4, 0.5) is 0 Å². The Bertz CT molecular complexity index is 251. The lowest BCUT2D eigenvalue weighted by atomic mass is 10.2. The van der Waals surface area contributed by atoms with Crippen molar-refractivity contribution in [3.8, 4) is 0 Å². The molecule has 0 bridgehead atoms. The summed E-state index contributed by atoms with van der Waals surface area (Å²) >= 11 is 1.86. The van der Waals surface area contributed by atoms with Gasteiger partial charge in [0.05, 0.1) is 12.1 Å². The lowest BCUT2D eigenvalue weighted by molar-refractivity contribution is -0.134. The summed E-state index contributed by atoms with van der Waals surface area (Å²) < 4.78 is 5.60. The highest BCUT2D eigenvalue weighted by atomic mass is 32.2. The minimum atomic E-state index is 0.00935. The third-order valence-corrected chi connectivity index (χ3v) is 4.42. The molecule has 4 nitrogen and oxygen atoms in total. The topological polar surface area (TPSA) is 41.6 Å². The van der Waals surface area contributed by atoms with Crippen molar-refractivity contribution in [2.75, 3.05) is 37.7 Å². The highest BCUT2D eigenvalue weighted by Crippen LogP contribution is 2.15. The zero-order valence-electron chi connectivity index (χ0n) is 10.5. The van der Waals surface area contributed by atoms with Crippen LogP contribution < -0.4 is 5.32 Å². The molecule has 0 radical (unpaired) electrons. The summed E-state index contributed by atoms with van der Waals surface area (Å²) in [6, 6.07) is 0.00935. The minimum Gasteiger partial charge on any atom is -0.376 e. The number of ether oxygens (including phenoxy) is 1. The molecule has 0 aliphatic carbocycles. The molecule has 2 unspecified atom stereocenters. The summed E-state index contributed by atoms with van der Waals surface area (Å²) in [6.45, 7) is 5.38. The van der Waals surface area contributed by atoms with Crippen LogP contribution in [0.15, 0.2) is 0 Å². The van der Waals surface area contributed by atoms with Crippen LogP contribution in [0.5, 0.6) is 0 Å². The molecule has 2 aliphatic rings. The summed E-state index contributed by atoms with van der Waals surface area (Å²) in [7, 11) is 0. The third-order valence-electron chi connectivity index (χ3n) is 3.36. The molecular formula is C12H22N2O2S. The molecule has 2 atom stereocenters. The predicted octanol–water partition coefficient (Wildman–Crippen LogP) is 0.719. The van der Waals surface area contributed by atoms with E-state index in [9.17, 15) is 4.79 Å². The van der Waals surface area contributed by atoms with Crippen LogP contribution in [0, 0.1) is 0 Å². The number of hydrogen-bond donors (Lipinski definition) is 1. The van der Waals surface area contributed by atoms with Gasteiger partial charge in [-0.05, 0) is 19.8 Å². The molecule has 5 heteroatoms. The molecule has 0 saturated carbocycles. The Morgan fingerprint density at radius 1 is 1.59 bits per heavy atom. The maximum Gasteiger partial charge on any atom is 0.240 e. The Morgan fingerprint density at radius 3 is 3.06 bits per heavy atom. The van der Waals surface area contributed by atoms with E-state index in [2.05, 4.69) is 5.32 Å². The van der Waals surface area contributed by atoms with E-state index in [-0.39, 0.29) is 18.1 Å². The van der Waals surface area contributed by atoms with Gasteiger partial charge in [-0.25, -0.2) is 0 Å². The standard InChI is InChI=1S/C12H22N2O2S/c1-2-14(8-10-4-3-6-16-10)12(15)11-9-17-7-5-13-11/h10-11,13H,2-9H2,1H3. The fourth-order valence-corrected chi connectivity index (χ4v) is 3.28. The number of thioether (sulfide) groups is 1. The zero-order chi connectivity index (χ0) is 12.1. The normalized spacial score (nSPS) is 29.2. The maximum absolute atomic E-state index is 12.3. The first-order chi connectivity index (χ1) is 8.31. The average molecular weight is 258 g/mol. The number of rotatable bonds is 4. The van der Waals surface area contributed by atoms with Gasteiger partial charge in [0.2, 0.25) is 5.91 Å². The van der Waals surface area contributed by atoms with Crippen molar-refractivity contribution in [1.82, 2.24) is 10.2 Å². The lowest BCUT2D eigenvalue weighted by Gasteiger charge is -2.30. The maximum atomic E-state index is 12.3. The molecule has 17 heavy (non-hydrogen) atoms. The van der Waals surface area contributed by atoms with E-state index in [0.717, 1.165) is 50.6 Å². The fraction of sp³-hybridized carbons (Fsp3) is 0.917. The van der Waals surface area contributed by atoms with Crippen molar-refractivity contribution in [3.05, 3.63) is 0 Å². The summed E-state index contributed by atoms with van der Waals surface area (Å²) in [5, 5.41) is 3.31. The molecule has 1 N–H and O–H groups in total. The van der Waals surface area contributed by atoms with Gasteiger partial charge >= 0.3 is 0 Å². The molecule has 2 rings (SSSR count). The van der Waals surface area contributed by atoms with Gasteiger partial charge in [0.1, 0.15) is 0 Å². The summed E-state index contributed by atoms with van der Waals surface area (Å²) in [4.78, 5) is 14.3. The molecule has 1 amide bonds. The second-order valence-electron chi connectivity index (χ2n) is 4.59. The van der Waals surface area contributed by atoms with E-state index in [1.165, 1.54) is 0 Å². The molecule has 0 aromatic rings. The predicted molar refractivity (Wildman–Crippen MR) is 70.3 cm³/mol. The quantitative estimate of drug-likeness (QED) is 0.807. The monoisotopic (exact) mass is 258 g/mol. The molecule has 98 valence electrons. The number of carbonyl (C=O) groups is 1. The van der Waals surface area contributed by atoms with Crippen molar-refractivity contribution in [3.63, 3.8) is 0 Å². The zero-order valence-corrected chi connectivity index (χ0v) is 11.3. The Morgan fingerprint density at radius 2 is 2.47 bits per heavy atom. The van der Waals surface area contributed by atoms with Crippen LogP contribution in [0.2, 0.25) is 0 Å². The molecule has 2 saturated heterocycles. The first-order valence-corrected chi connectivity index (χ1v) is 7.68. The molecule has 2 aliphatic heterocycles. The second kappa shape index (κ2) is 6.61. The number of nitrogens with one attached hydrogen (secondary N) is 1.